The van der Waals surface area contributed by atoms with Gasteiger partial charge in [0.15, 0.2) is 6.61 Å². The second kappa shape index (κ2) is 4.35. The van der Waals surface area contributed by atoms with E-state index in [1.165, 1.54) is 0 Å². The van der Waals surface area contributed by atoms with Crippen LogP contribution in [0.3, 0.4) is 0 Å². The number of benzene rings is 2. The van der Waals surface area contributed by atoms with Crippen LogP contribution in [-0.2, 0) is 4.79 Å². The average molecular weight is 260 g/mol. The number of anilines is 2. The Morgan fingerprint density at radius 2 is 1.78 bits per heavy atom. The molecule has 90 valence electrons. The third-order valence-electron chi connectivity index (χ3n) is 2.79. The standard InChI is InChI=1S/C14H10ClNO2/c15-10-5-7-11(8-6-10)16-12-3-1-2-4-13(12)18-9-14(16)17/h1-8H,9H2. The van der Waals surface area contributed by atoms with E-state index in [0.29, 0.717) is 10.8 Å². The van der Waals surface area contributed by atoms with Gasteiger partial charge in [0.25, 0.3) is 5.91 Å². The van der Waals surface area contributed by atoms with Crippen molar-refractivity contribution in [2.45, 2.75) is 0 Å². The lowest BCUT2D eigenvalue weighted by Crippen LogP contribution is -2.34. The van der Waals surface area contributed by atoms with Crippen LogP contribution in [0.2, 0.25) is 5.02 Å². The van der Waals surface area contributed by atoms with E-state index >= 15 is 0 Å². The third-order valence-corrected chi connectivity index (χ3v) is 3.04. The predicted octanol–water partition coefficient (Wildman–Crippen LogP) is 3.40. The van der Waals surface area contributed by atoms with E-state index in [0.717, 1.165) is 11.4 Å². The van der Waals surface area contributed by atoms with Gasteiger partial charge in [0.2, 0.25) is 0 Å². The average Bonchev–Trinajstić information content (AvgIpc) is 2.40. The van der Waals surface area contributed by atoms with Crippen LogP contribution in [-0.4, -0.2) is 12.5 Å². The topological polar surface area (TPSA) is 29.5 Å². The van der Waals surface area contributed by atoms with E-state index in [4.69, 9.17) is 16.3 Å². The summed E-state index contributed by atoms with van der Waals surface area (Å²) in [5.74, 6) is 0.628. The van der Waals surface area contributed by atoms with E-state index in [9.17, 15) is 4.79 Å². The van der Waals surface area contributed by atoms with Crippen molar-refractivity contribution in [2.75, 3.05) is 11.5 Å². The van der Waals surface area contributed by atoms with E-state index in [1.807, 2.05) is 36.4 Å². The number of rotatable bonds is 1. The van der Waals surface area contributed by atoms with Crippen molar-refractivity contribution >= 4 is 28.9 Å². The maximum absolute atomic E-state index is 12.0. The summed E-state index contributed by atoms with van der Waals surface area (Å²) in [6, 6.07) is 14.7. The highest BCUT2D eigenvalue weighted by Gasteiger charge is 2.26. The molecular weight excluding hydrogens is 250 g/mol. The largest absolute Gasteiger partial charge is 0.482 e. The van der Waals surface area contributed by atoms with Crippen LogP contribution in [0.25, 0.3) is 0 Å². The summed E-state index contributed by atoms with van der Waals surface area (Å²) >= 11 is 5.86. The molecule has 1 heterocycles. The second-order valence-corrected chi connectivity index (χ2v) is 4.40. The molecule has 1 aliphatic rings. The molecule has 0 fully saturated rings. The van der Waals surface area contributed by atoms with Gasteiger partial charge >= 0.3 is 0 Å². The molecule has 0 aliphatic carbocycles. The molecule has 0 unspecified atom stereocenters. The number of halogens is 1. The Hall–Kier alpha value is -2.00. The maximum atomic E-state index is 12.0. The minimum absolute atomic E-state index is 0.0552. The summed E-state index contributed by atoms with van der Waals surface area (Å²) in [7, 11) is 0. The Morgan fingerprint density at radius 3 is 2.56 bits per heavy atom. The van der Waals surface area contributed by atoms with Crippen molar-refractivity contribution in [2.24, 2.45) is 0 Å². The normalized spacial score (nSPS) is 14.1. The fourth-order valence-corrected chi connectivity index (χ4v) is 2.10. The van der Waals surface area contributed by atoms with Crippen molar-refractivity contribution in [3.05, 3.63) is 53.6 Å². The summed E-state index contributed by atoms with van der Waals surface area (Å²) in [5.41, 5.74) is 1.55. The number of nitrogens with zero attached hydrogens (tertiary/aromatic N) is 1. The fourth-order valence-electron chi connectivity index (χ4n) is 1.98. The monoisotopic (exact) mass is 259 g/mol. The summed E-state index contributed by atoms with van der Waals surface area (Å²) < 4.78 is 5.39. The molecule has 0 aromatic heterocycles. The zero-order valence-corrected chi connectivity index (χ0v) is 10.2. The number of para-hydroxylation sites is 2. The molecule has 0 spiro atoms. The zero-order valence-electron chi connectivity index (χ0n) is 9.47. The molecule has 0 bridgehead atoms. The summed E-state index contributed by atoms with van der Waals surface area (Å²) in [5, 5.41) is 0.646. The van der Waals surface area contributed by atoms with Crippen LogP contribution < -0.4 is 9.64 Å². The van der Waals surface area contributed by atoms with Crippen molar-refractivity contribution in [3.8, 4) is 5.75 Å². The highest BCUT2D eigenvalue weighted by Crippen LogP contribution is 2.36. The quantitative estimate of drug-likeness (QED) is 0.786. The molecular formula is C14H10ClNO2. The Balaban J connectivity index is 2.10. The minimum Gasteiger partial charge on any atom is -0.482 e. The molecule has 0 saturated carbocycles. The first kappa shape index (κ1) is 11.1. The van der Waals surface area contributed by atoms with Crippen LogP contribution in [0, 0.1) is 0 Å². The lowest BCUT2D eigenvalue weighted by atomic mass is 10.2. The van der Waals surface area contributed by atoms with Gasteiger partial charge in [-0.2, -0.15) is 0 Å². The Labute approximate surface area is 110 Å². The molecule has 0 saturated heterocycles. The number of fused-ring (bicyclic) bond motifs is 1. The number of carbonyl (C=O) groups is 1. The van der Waals surface area contributed by atoms with E-state index in [1.54, 1.807) is 17.0 Å². The number of carbonyl (C=O) groups excluding carboxylic acids is 1. The van der Waals surface area contributed by atoms with Gasteiger partial charge in [-0.25, -0.2) is 0 Å². The summed E-state index contributed by atoms with van der Waals surface area (Å²) in [6.07, 6.45) is 0. The number of hydrogen-bond donors (Lipinski definition) is 0. The van der Waals surface area contributed by atoms with E-state index in [2.05, 4.69) is 0 Å². The van der Waals surface area contributed by atoms with Crippen molar-refractivity contribution in [1.82, 2.24) is 0 Å². The highest BCUT2D eigenvalue weighted by atomic mass is 35.5. The molecule has 18 heavy (non-hydrogen) atoms. The molecule has 1 aliphatic heterocycles. The molecule has 3 nitrogen and oxygen atoms in total. The van der Waals surface area contributed by atoms with Crippen molar-refractivity contribution in [3.63, 3.8) is 0 Å². The van der Waals surface area contributed by atoms with Crippen molar-refractivity contribution < 1.29 is 9.53 Å². The SMILES string of the molecule is O=C1COc2ccccc2N1c1ccc(Cl)cc1. The lowest BCUT2D eigenvalue weighted by molar-refractivity contribution is -0.120. The molecule has 0 N–H and O–H groups in total. The van der Waals surface area contributed by atoms with Gasteiger partial charge < -0.3 is 4.74 Å². The predicted molar refractivity (Wildman–Crippen MR) is 70.5 cm³/mol. The van der Waals surface area contributed by atoms with Gasteiger partial charge in [-0.1, -0.05) is 23.7 Å². The van der Waals surface area contributed by atoms with Gasteiger partial charge in [-0.15, -0.1) is 0 Å². The first-order chi connectivity index (χ1) is 8.75. The number of hydrogen-bond acceptors (Lipinski definition) is 2. The van der Waals surface area contributed by atoms with Crippen molar-refractivity contribution in [1.29, 1.82) is 0 Å². The van der Waals surface area contributed by atoms with Crippen LogP contribution >= 0.6 is 11.6 Å². The zero-order chi connectivity index (χ0) is 12.5. The Morgan fingerprint density at radius 1 is 1.06 bits per heavy atom. The van der Waals surface area contributed by atoms with E-state index in [-0.39, 0.29) is 12.5 Å². The fraction of sp³-hybridized carbons (Fsp3) is 0.0714. The van der Waals surface area contributed by atoms with Crippen LogP contribution in [0.15, 0.2) is 48.5 Å². The molecule has 2 aromatic rings. The summed E-state index contributed by atoms with van der Waals surface area (Å²) in [6.45, 7) is 0.0552. The van der Waals surface area contributed by atoms with Crippen LogP contribution in [0.5, 0.6) is 5.75 Å². The first-order valence-corrected chi connectivity index (χ1v) is 5.94. The lowest BCUT2D eigenvalue weighted by Gasteiger charge is -2.29. The highest BCUT2D eigenvalue weighted by molar-refractivity contribution is 6.30. The molecule has 1 amide bonds. The molecule has 3 rings (SSSR count). The maximum Gasteiger partial charge on any atom is 0.269 e. The number of amides is 1. The van der Waals surface area contributed by atoms with Gasteiger partial charge in [0.1, 0.15) is 5.75 Å². The molecule has 4 heteroatoms. The van der Waals surface area contributed by atoms with E-state index < -0.39 is 0 Å². The van der Waals surface area contributed by atoms with Gasteiger partial charge in [-0.3, -0.25) is 9.69 Å². The molecule has 0 atom stereocenters. The number of ether oxygens (including phenoxy) is 1. The summed E-state index contributed by atoms with van der Waals surface area (Å²) in [4.78, 5) is 13.7. The molecule has 2 aromatic carbocycles. The van der Waals surface area contributed by atoms with Gasteiger partial charge in [0, 0.05) is 10.7 Å². The first-order valence-electron chi connectivity index (χ1n) is 5.56. The van der Waals surface area contributed by atoms with Gasteiger partial charge in [0.05, 0.1) is 5.69 Å². The third kappa shape index (κ3) is 1.83. The van der Waals surface area contributed by atoms with Gasteiger partial charge in [-0.05, 0) is 36.4 Å². The Bertz CT molecular complexity index is 595. The molecule has 0 radical (unpaired) electrons. The Kier molecular flexibility index (Phi) is 2.68. The smallest absolute Gasteiger partial charge is 0.269 e. The minimum atomic E-state index is -0.0870. The van der Waals surface area contributed by atoms with Crippen LogP contribution in [0.4, 0.5) is 11.4 Å². The second-order valence-electron chi connectivity index (χ2n) is 3.96. The van der Waals surface area contributed by atoms with Crippen LogP contribution in [0.1, 0.15) is 0 Å².